The summed E-state index contributed by atoms with van der Waals surface area (Å²) in [5.41, 5.74) is 1.15. The normalized spacial score (nSPS) is 17.8. The van der Waals surface area contributed by atoms with Gasteiger partial charge in [-0.15, -0.1) is 0 Å². The van der Waals surface area contributed by atoms with Gasteiger partial charge in [0.25, 0.3) is 0 Å². The molecule has 0 bridgehead atoms. The minimum Gasteiger partial charge on any atom is -0.493 e. The Hall–Kier alpha value is -1.55. The van der Waals surface area contributed by atoms with Gasteiger partial charge in [-0.05, 0) is 19.9 Å². The van der Waals surface area contributed by atoms with E-state index in [0.29, 0.717) is 13.2 Å². The summed E-state index contributed by atoms with van der Waals surface area (Å²) in [6.07, 6.45) is 0.898. The lowest BCUT2D eigenvalue weighted by molar-refractivity contribution is -0.130. The maximum Gasteiger partial charge on any atom is 0.236 e. The maximum atomic E-state index is 12.0. The van der Waals surface area contributed by atoms with Crippen LogP contribution in [0.4, 0.5) is 0 Å². The predicted octanol–water partition coefficient (Wildman–Crippen LogP) is 1.97. The van der Waals surface area contributed by atoms with E-state index in [4.69, 9.17) is 4.74 Å². The Morgan fingerprint density at radius 2 is 2.21 bits per heavy atom. The number of carbonyl (C=O) groups excluding carboxylic acids is 1. The first-order valence-electron chi connectivity index (χ1n) is 6.80. The zero-order valence-electron chi connectivity index (χ0n) is 11.8. The molecular formula is C15H22N2O2. The molecule has 0 aliphatic carbocycles. The Morgan fingerprint density at radius 3 is 2.95 bits per heavy atom. The number of likely N-dealkylation sites (N-methyl/N-ethyl adjacent to an activating group) is 1. The second-order valence-corrected chi connectivity index (χ2v) is 5.21. The fraction of sp³-hybridized carbons (Fsp3) is 0.533. The van der Waals surface area contributed by atoms with E-state index in [2.05, 4.69) is 11.4 Å². The summed E-state index contributed by atoms with van der Waals surface area (Å²) in [5.74, 6) is 1.05. The molecule has 0 saturated heterocycles. The van der Waals surface area contributed by atoms with E-state index in [1.165, 1.54) is 0 Å². The van der Waals surface area contributed by atoms with Crippen molar-refractivity contribution in [2.75, 3.05) is 20.2 Å². The largest absolute Gasteiger partial charge is 0.493 e. The number of hydrogen-bond acceptors (Lipinski definition) is 3. The molecule has 4 nitrogen and oxygen atoms in total. The molecule has 1 aromatic rings. The number of benzene rings is 1. The lowest BCUT2D eigenvalue weighted by Crippen LogP contribution is -2.41. The molecule has 1 N–H and O–H groups in total. The van der Waals surface area contributed by atoms with Gasteiger partial charge in [-0.2, -0.15) is 0 Å². The summed E-state index contributed by atoms with van der Waals surface area (Å²) >= 11 is 0. The molecule has 1 amide bonds. The summed E-state index contributed by atoms with van der Waals surface area (Å²) in [6.45, 7) is 5.10. The van der Waals surface area contributed by atoms with Crippen molar-refractivity contribution in [1.29, 1.82) is 0 Å². The zero-order chi connectivity index (χ0) is 13.8. The van der Waals surface area contributed by atoms with Crippen LogP contribution in [-0.2, 0) is 4.79 Å². The Bertz CT molecular complexity index is 446. The number of amides is 1. The molecule has 2 rings (SSSR count). The van der Waals surface area contributed by atoms with E-state index >= 15 is 0 Å². The number of rotatable bonds is 4. The van der Waals surface area contributed by atoms with E-state index in [9.17, 15) is 4.79 Å². The summed E-state index contributed by atoms with van der Waals surface area (Å²) in [5, 5.41) is 3.34. The van der Waals surface area contributed by atoms with Crippen molar-refractivity contribution in [3.63, 3.8) is 0 Å². The molecule has 1 atom stereocenters. The molecule has 1 unspecified atom stereocenters. The molecule has 1 aromatic carbocycles. The smallest absolute Gasteiger partial charge is 0.236 e. The molecule has 1 aliphatic heterocycles. The van der Waals surface area contributed by atoms with Gasteiger partial charge in [0, 0.05) is 31.1 Å². The lowest BCUT2D eigenvalue weighted by Gasteiger charge is -2.28. The van der Waals surface area contributed by atoms with Crippen LogP contribution in [0.5, 0.6) is 5.75 Å². The van der Waals surface area contributed by atoms with Gasteiger partial charge in [-0.25, -0.2) is 0 Å². The van der Waals surface area contributed by atoms with Crippen molar-refractivity contribution >= 4 is 5.91 Å². The highest BCUT2D eigenvalue weighted by Gasteiger charge is 2.22. The standard InChI is InChI=1S/C15H22N2O2/c1-11(2)17(3)15(18)10-16-13-8-9-19-14-7-5-4-6-12(13)14/h4-7,11,13,16H,8-10H2,1-3H3. The minimum atomic E-state index is 0.124. The number of fused-ring (bicyclic) bond motifs is 1. The van der Waals surface area contributed by atoms with Crippen molar-refractivity contribution < 1.29 is 9.53 Å². The van der Waals surface area contributed by atoms with Gasteiger partial charge >= 0.3 is 0 Å². The van der Waals surface area contributed by atoms with Crippen LogP contribution >= 0.6 is 0 Å². The molecule has 0 spiro atoms. The molecular weight excluding hydrogens is 240 g/mol. The third-order valence-electron chi connectivity index (χ3n) is 3.63. The van der Waals surface area contributed by atoms with Gasteiger partial charge in [-0.3, -0.25) is 4.79 Å². The summed E-state index contributed by atoms with van der Waals surface area (Å²) < 4.78 is 5.61. The highest BCUT2D eigenvalue weighted by atomic mass is 16.5. The molecule has 1 aliphatic rings. The predicted molar refractivity (Wildman–Crippen MR) is 75.2 cm³/mol. The first kappa shape index (κ1) is 13.9. The van der Waals surface area contributed by atoms with Crippen LogP contribution in [0.15, 0.2) is 24.3 Å². The fourth-order valence-corrected chi connectivity index (χ4v) is 2.18. The average Bonchev–Trinajstić information content (AvgIpc) is 2.43. The van der Waals surface area contributed by atoms with Gasteiger partial charge in [0.2, 0.25) is 5.91 Å². The molecule has 1 heterocycles. The SMILES string of the molecule is CC(C)N(C)C(=O)CNC1CCOc2ccccc21. The van der Waals surface area contributed by atoms with E-state index in [-0.39, 0.29) is 18.0 Å². The van der Waals surface area contributed by atoms with Crippen LogP contribution in [0, 0.1) is 0 Å². The van der Waals surface area contributed by atoms with Crippen LogP contribution in [0.2, 0.25) is 0 Å². The quantitative estimate of drug-likeness (QED) is 0.902. The van der Waals surface area contributed by atoms with Crippen LogP contribution in [0.25, 0.3) is 0 Å². The van der Waals surface area contributed by atoms with Crippen molar-refractivity contribution in [3.8, 4) is 5.75 Å². The molecule has 0 radical (unpaired) electrons. The molecule has 0 aromatic heterocycles. The zero-order valence-corrected chi connectivity index (χ0v) is 11.8. The van der Waals surface area contributed by atoms with E-state index in [0.717, 1.165) is 17.7 Å². The molecule has 19 heavy (non-hydrogen) atoms. The molecule has 0 saturated carbocycles. The minimum absolute atomic E-state index is 0.124. The molecule has 4 heteroatoms. The Balaban J connectivity index is 1.96. The Morgan fingerprint density at radius 1 is 1.47 bits per heavy atom. The fourth-order valence-electron chi connectivity index (χ4n) is 2.18. The van der Waals surface area contributed by atoms with Crippen molar-refractivity contribution in [2.45, 2.75) is 32.4 Å². The lowest BCUT2D eigenvalue weighted by atomic mass is 10.0. The van der Waals surface area contributed by atoms with Gasteiger partial charge in [0.1, 0.15) is 5.75 Å². The highest BCUT2D eigenvalue weighted by Crippen LogP contribution is 2.31. The monoisotopic (exact) mass is 262 g/mol. The third-order valence-corrected chi connectivity index (χ3v) is 3.63. The maximum absolute atomic E-state index is 12.0. The van der Waals surface area contributed by atoms with Crippen LogP contribution in [0.1, 0.15) is 31.9 Å². The number of nitrogens with zero attached hydrogens (tertiary/aromatic N) is 1. The van der Waals surface area contributed by atoms with E-state index in [1.54, 1.807) is 4.90 Å². The Labute approximate surface area is 114 Å². The third kappa shape index (κ3) is 3.26. The molecule has 104 valence electrons. The number of carbonyl (C=O) groups is 1. The Kier molecular flexibility index (Phi) is 4.43. The van der Waals surface area contributed by atoms with Crippen LogP contribution < -0.4 is 10.1 Å². The van der Waals surface area contributed by atoms with Gasteiger partial charge < -0.3 is 15.0 Å². The number of para-hydroxylation sites is 1. The van der Waals surface area contributed by atoms with E-state index in [1.807, 2.05) is 39.1 Å². The van der Waals surface area contributed by atoms with Crippen LogP contribution in [0.3, 0.4) is 0 Å². The van der Waals surface area contributed by atoms with Gasteiger partial charge in [0.15, 0.2) is 0 Å². The van der Waals surface area contributed by atoms with Crippen LogP contribution in [-0.4, -0.2) is 37.0 Å². The molecule has 0 fully saturated rings. The van der Waals surface area contributed by atoms with Crippen molar-refractivity contribution in [1.82, 2.24) is 10.2 Å². The average molecular weight is 262 g/mol. The topological polar surface area (TPSA) is 41.6 Å². The first-order valence-corrected chi connectivity index (χ1v) is 6.80. The van der Waals surface area contributed by atoms with E-state index < -0.39 is 0 Å². The summed E-state index contributed by atoms with van der Waals surface area (Å²) in [6, 6.07) is 8.45. The number of hydrogen-bond donors (Lipinski definition) is 1. The number of ether oxygens (including phenoxy) is 1. The number of nitrogens with one attached hydrogen (secondary N) is 1. The summed E-state index contributed by atoms with van der Waals surface area (Å²) in [4.78, 5) is 13.7. The van der Waals surface area contributed by atoms with Crippen molar-refractivity contribution in [2.24, 2.45) is 0 Å². The van der Waals surface area contributed by atoms with Gasteiger partial charge in [0.05, 0.1) is 13.2 Å². The highest BCUT2D eigenvalue weighted by molar-refractivity contribution is 5.78. The second-order valence-electron chi connectivity index (χ2n) is 5.21. The summed E-state index contributed by atoms with van der Waals surface area (Å²) in [7, 11) is 1.84. The van der Waals surface area contributed by atoms with Crippen molar-refractivity contribution in [3.05, 3.63) is 29.8 Å². The van der Waals surface area contributed by atoms with Gasteiger partial charge in [-0.1, -0.05) is 18.2 Å². The first-order chi connectivity index (χ1) is 9.09. The second kappa shape index (κ2) is 6.06.